The molecule has 0 aliphatic carbocycles. The number of hydrogen-bond acceptors (Lipinski definition) is 4. The number of ether oxygens (including phenoxy) is 1. The molecular formula is C9H16O4. The number of hydrogen-bond donors (Lipinski definition) is 2. The summed E-state index contributed by atoms with van der Waals surface area (Å²) < 4.78 is 4.59. The van der Waals surface area contributed by atoms with Crippen LogP contribution in [0.2, 0.25) is 0 Å². The van der Waals surface area contributed by atoms with Crippen LogP contribution in [0.3, 0.4) is 0 Å². The molecule has 0 aromatic rings. The van der Waals surface area contributed by atoms with Gasteiger partial charge in [-0.3, -0.25) is 0 Å². The average Bonchev–Trinajstić information content (AvgIpc) is 2.04. The lowest BCUT2D eigenvalue weighted by molar-refractivity contribution is -0.163. The van der Waals surface area contributed by atoms with Crippen LogP contribution in [0.5, 0.6) is 0 Å². The van der Waals surface area contributed by atoms with Crippen LogP contribution in [0.4, 0.5) is 0 Å². The Kier molecular flexibility index (Phi) is 6.18. The van der Waals surface area contributed by atoms with E-state index in [1.807, 2.05) is 0 Å². The summed E-state index contributed by atoms with van der Waals surface area (Å²) in [4.78, 5) is 10.9. The summed E-state index contributed by atoms with van der Waals surface area (Å²) in [6.07, 6.45) is 0.485. The van der Waals surface area contributed by atoms with Crippen molar-refractivity contribution < 1.29 is 19.7 Å². The normalized spacial score (nSPS) is 12.2. The molecule has 0 aliphatic heterocycles. The molecule has 1 unspecified atom stereocenters. The molecule has 0 radical (unpaired) electrons. The van der Waals surface area contributed by atoms with E-state index in [1.165, 1.54) is 6.92 Å². The smallest absolute Gasteiger partial charge is 0.335 e. The van der Waals surface area contributed by atoms with Gasteiger partial charge >= 0.3 is 5.97 Å². The maximum absolute atomic E-state index is 10.9. The first kappa shape index (κ1) is 12.1. The molecule has 13 heavy (non-hydrogen) atoms. The minimum atomic E-state index is -1.09. The Bertz CT molecular complexity index is 176. The monoisotopic (exact) mass is 188 g/mol. The van der Waals surface area contributed by atoms with Gasteiger partial charge in [0.25, 0.3) is 0 Å². The van der Waals surface area contributed by atoms with Gasteiger partial charge in [-0.05, 0) is 19.8 Å². The number of rotatable bonds is 6. The van der Waals surface area contributed by atoms with E-state index in [-0.39, 0.29) is 12.2 Å². The van der Waals surface area contributed by atoms with Crippen molar-refractivity contribution in [3.8, 4) is 0 Å². The highest BCUT2D eigenvalue weighted by atomic mass is 16.6. The Balaban J connectivity index is 3.55. The third kappa shape index (κ3) is 6.31. The molecule has 0 saturated heterocycles. The molecule has 0 fully saturated rings. The Morgan fingerprint density at radius 3 is 2.62 bits per heavy atom. The Hall–Kier alpha value is -0.870. The van der Waals surface area contributed by atoms with Crippen molar-refractivity contribution >= 4 is 5.97 Å². The van der Waals surface area contributed by atoms with Crippen molar-refractivity contribution in [3.63, 3.8) is 0 Å². The lowest BCUT2D eigenvalue weighted by Gasteiger charge is -2.11. The standard InChI is InChI=1S/C9H16O4/c1-7(2)9(12)13-8(11)5-3-4-6-10/h8,10-11H,1,3-6H2,2H3. The third-order valence-corrected chi connectivity index (χ3v) is 1.45. The van der Waals surface area contributed by atoms with Gasteiger partial charge in [-0.25, -0.2) is 4.79 Å². The molecular weight excluding hydrogens is 172 g/mol. The molecule has 0 aromatic carbocycles. The largest absolute Gasteiger partial charge is 0.433 e. The first-order valence-corrected chi connectivity index (χ1v) is 4.23. The van der Waals surface area contributed by atoms with Gasteiger partial charge in [0.05, 0.1) is 0 Å². The zero-order valence-electron chi connectivity index (χ0n) is 7.82. The molecule has 0 heterocycles. The molecule has 2 N–H and O–H groups in total. The fourth-order valence-electron chi connectivity index (χ4n) is 0.714. The van der Waals surface area contributed by atoms with Gasteiger partial charge in [0.1, 0.15) is 0 Å². The number of esters is 1. The van der Waals surface area contributed by atoms with Gasteiger partial charge in [-0.15, -0.1) is 0 Å². The average molecular weight is 188 g/mol. The zero-order valence-corrected chi connectivity index (χ0v) is 7.82. The number of carbonyl (C=O) groups excluding carboxylic acids is 1. The van der Waals surface area contributed by atoms with Crippen molar-refractivity contribution in [1.82, 2.24) is 0 Å². The topological polar surface area (TPSA) is 66.8 Å². The zero-order chi connectivity index (χ0) is 10.3. The van der Waals surface area contributed by atoms with Gasteiger partial charge < -0.3 is 14.9 Å². The van der Waals surface area contributed by atoms with E-state index in [0.717, 1.165) is 0 Å². The van der Waals surface area contributed by atoms with Crippen molar-refractivity contribution in [3.05, 3.63) is 12.2 Å². The van der Waals surface area contributed by atoms with E-state index in [1.54, 1.807) is 0 Å². The van der Waals surface area contributed by atoms with Crippen LogP contribution in [0.1, 0.15) is 26.2 Å². The van der Waals surface area contributed by atoms with Gasteiger partial charge in [-0.1, -0.05) is 6.58 Å². The van der Waals surface area contributed by atoms with Crippen molar-refractivity contribution in [2.75, 3.05) is 6.61 Å². The molecule has 0 amide bonds. The van der Waals surface area contributed by atoms with Gasteiger partial charge in [0.2, 0.25) is 6.29 Å². The highest BCUT2D eigenvalue weighted by molar-refractivity contribution is 5.86. The summed E-state index contributed by atoms with van der Waals surface area (Å²) in [7, 11) is 0. The molecule has 76 valence electrons. The molecule has 0 spiro atoms. The molecule has 0 aromatic heterocycles. The van der Waals surface area contributed by atoms with E-state index < -0.39 is 12.3 Å². The Morgan fingerprint density at radius 1 is 1.54 bits per heavy atom. The van der Waals surface area contributed by atoms with Crippen LogP contribution in [0, 0.1) is 0 Å². The second kappa shape index (κ2) is 6.62. The molecule has 0 aliphatic rings. The van der Waals surface area contributed by atoms with E-state index in [9.17, 15) is 4.79 Å². The van der Waals surface area contributed by atoms with Gasteiger partial charge in [0, 0.05) is 18.6 Å². The Morgan fingerprint density at radius 2 is 2.15 bits per heavy atom. The summed E-state index contributed by atoms with van der Waals surface area (Å²) in [6.45, 7) is 4.98. The summed E-state index contributed by atoms with van der Waals surface area (Å²) in [5.74, 6) is -0.587. The maximum atomic E-state index is 10.9. The Labute approximate surface area is 77.8 Å². The maximum Gasteiger partial charge on any atom is 0.335 e. The number of aliphatic hydroxyl groups excluding tert-OH is 2. The molecule has 4 nitrogen and oxygen atoms in total. The van der Waals surface area contributed by atoms with Crippen molar-refractivity contribution in [2.24, 2.45) is 0 Å². The second-order valence-electron chi connectivity index (χ2n) is 2.86. The number of aliphatic hydroxyl groups is 2. The van der Waals surface area contributed by atoms with Crippen LogP contribution >= 0.6 is 0 Å². The van der Waals surface area contributed by atoms with Gasteiger partial charge in [-0.2, -0.15) is 0 Å². The fourth-order valence-corrected chi connectivity index (χ4v) is 0.714. The van der Waals surface area contributed by atoms with Crippen LogP contribution in [-0.4, -0.2) is 29.1 Å². The van der Waals surface area contributed by atoms with E-state index >= 15 is 0 Å². The summed E-state index contributed by atoms with van der Waals surface area (Å²) in [5, 5.41) is 17.6. The van der Waals surface area contributed by atoms with Crippen LogP contribution in [-0.2, 0) is 9.53 Å². The predicted octanol–water partition coefficient (Wildman–Crippen LogP) is 0.587. The van der Waals surface area contributed by atoms with Crippen molar-refractivity contribution in [2.45, 2.75) is 32.5 Å². The first-order valence-electron chi connectivity index (χ1n) is 4.23. The SMILES string of the molecule is C=C(C)C(=O)OC(O)CCCCO. The first-order chi connectivity index (χ1) is 6.07. The third-order valence-electron chi connectivity index (χ3n) is 1.45. The summed E-state index contributed by atoms with van der Waals surface area (Å²) >= 11 is 0. The van der Waals surface area contributed by atoms with E-state index in [4.69, 9.17) is 10.2 Å². The highest BCUT2D eigenvalue weighted by Crippen LogP contribution is 2.04. The van der Waals surface area contributed by atoms with Gasteiger partial charge in [0.15, 0.2) is 0 Å². The summed E-state index contributed by atoms with van der Waals surface area (Å²) in [5.41, 5.74) is 0.265. The lowest BCUT2D eigenvalue weighted by atomic mass is 10.2. The fraction of sp³-hybridized carbons (Fsp3) is 0.667. The minimum absolute atomic E-state index is 0.0845. The molecule has 4 heteroatoms. The second-order valence-corrected chi connectivity index (χ2v) is 2.86. The summed E-state index contributed by atoms with van der Waals surface area (Å²) in [6, 6.07) is 0. The van der Waals surface area contributed by atoms with Crippen LogP contribution in [0.15, 0.2) is 12.2 Å². The number of unbranched alkanes of at least 4 members (excludes halogenated alkanes) is 1. The molecule has 0 saturated carbocycles. The quantitative estimate of drug-likeness (QED) is 0.277. The lowest BCUT2D eigenvalue weighted by Crippen LogP contribution is -2.17. The van der Waals surface area contributed by atoms with Crippen LogP contribution < -0.4 is 0 Å². The molecule has 0 rings (SSSR count). The van der Waals surface area contributed by atoms with Crippen LogP contribution in [0.25, 0.3) is 0 Å². The number of carbonyl (C=O) groups is 1. The molecule has 1 atom stereocenters. The minimum Gasteiger partial charge on any atom is -0.433 e. The van der Waals surface area contributed by atoms with E-state index in [2.05, 4.69) is 11.3 Å². The van der Waals surface area contributed by atoms with Crippen molar-refractivity contribution in [1.29, 1.82) is 0 Å². The predicted molar refractivity (Wildman–Crippen MR) is 47.8 cm³/mol. The van der Waals surface area contributed by atoms with E-state index in [0.29, 0.717) is 19.3 Å². The molecule has 0 bridgehead atoms. The highest BCUT2D eigenvalue weighted by Gasteiger charge is 2.10.